The maximum absolute atomic E-state index is 12.2. The van der Waals surface area contributed by atoms with Crippen molar-refractivity contribution in [3.8, 4) is 0 Å². The molecule has 0 aromatic heterocycles. The van der Waals surface area contributed by atoms with Crippen molar-refractivity contribution >= 4 is 5.78 Å². The predicted molar refractivity (Wildman–Crippen MR) is 55.2 cm³/mol. The van der Waals surface area contributed by atoms with Gasteiger partial charge in [-0.1, -0.05) is 0 Å². The minimum atomic E-state index is -0.608. The van der Waals surface area contributed by atoms with Crippen LogP contribution in [-0.4, -0.2) is 31.6 Å². The summed E-state index contributed by atoms with van der Waals surface area (Å²) in [6.45, 7) is 3.33. The molecule has 2 atom stereocenters. The molecule has 0 saturated carbocycles. The summed E-state index contributed by atoms with van der Waals surface area (Å²) < 4.78 is 10.6. The lowest BCUT2D eigenvalue weighted by atomic mass is 9.80. The first-order valence-electron chi connectivity index (χ1n) is 5.36. The molecule has 1 saturated heterocycles. The standard InChI is InChI=1S/C11H17NO3/c1-11(7-14-6-9(11)12)10(13)8-4-2-3-5-15-8/h4,9H,2-3,5-7,12H2,1H3. The molecule has 0 aliphatic carbocycles. The largest absolute Gasteiger partial charge is 0.490 e. The minimum Gasteiger partial charge on any atom is -0.490 e. The number of hydrogen-bond donors (Lipinski definition) is 1. The van der Waals surface area contributed by atoms with E-state index in [1.165, 1.54) is 0 Å². The maximum atomic E-state index is 12.2. The van der Waals surface area contributed by atoms with Crippen LogP contribution in [0, 0.1) is 5.41 Å². The fourth-order valence-corrected chi connectivity index (χ4v) is 1.92. The molecule has 0 amide bonds. The molecule has 2 aliphatic heterocycles. The Labute approximate surface area is 89.4 Å². The SMILES string of the molecule is CC1(C(=O)C2=CCCCO2)COCC1N. The van der Waals surface area contributed by atoms with Gasteiger partial charge in [0.1, 0.15) is 0 Å². The Kier molecular flexibility index (Phi) is 2.80. The second-order valence-corrected chi connectivity index (χ2v) is 4.43. The third-order valence-corrected chi connectivity index (χ3v) is 3.20. The van der Waals surface area contributed by atoms with Gasteiger partial charge in [0.05, 0.1) is 25.2 Å². The van der Waals surface area contributed by atoms with Crippen molar-refractivity contribution in [1.29, 1.82) is 0 Å². The zero-order valence-electron chi connectivity index (χ0n) is 8.99. The lowest BCUT2D eigenvalue weighted by Gasteiger charge is -2.27. The van der Waals surface area contributed by atoms with Crippen molar-refractivity contribution in [2.24, 2.45) is 11.1 Å². The number of ether oxygens (including phenoxy) is 2. The van der Waals surface area contributed by atoms with E-state index in [-0.39, 0.29) is 11.8 Å². The number of ketones is 1. The van der Waals surface area contributed by atoms with Gasteiger partial charge >= 0.3 is 0 Å². The highest BCUT2D eigenvalue weighted by molar-refractivity contribution is 5.98. The van der Waals surface area contributed by atoms with E-state index in [0.29, 0.717) is 25.6 Å². The number of carbonyl (C=O) groups is 1. The first-order chi connectivity index (χ1) is 7.14. The highest BCUT2D eigenvalue weighted by Gasteiger charge is 2.46. The van der Waals surface area contributed by atoms with E-state index < -0.39 is 5.41 Å². The number of nitrogens with two attached hydrogens (primary N) is 1. The second-order valence-electron chi connectivity index (χ2n) is 4.43. The number of hydrogen-bond acceptors (Lipinski definition) is 4. The van der Waals surface area contributed by atoms with Gasteiger partial charge in [0.25, 0.3) is 0 Å². The molecule has 0 radical (unpaired) electrons. The average Bonchev–Trinajstić information content (AvgIpc) is 2.61. The van der Waals surface area contributed by atoms with Gasteiger partial charge in [-0.05, 0) is 25.8 Å². The van der Waals surface area contributed by atoms with E-state index >= 15 is 0 Å². The third kappa shape index (κ3) is 1.79. The Morgan fingerprint density at radius 2 is 2.47 bits per heavy atom. The van der Waals surface area contributed by atoms with Crippen molar-refractivity contribution < 1.29 is 14.3 Å². The summed E-state index contributed by atoms with van der Waals surface area (Å²) in [7, 11) is 0. The summed E-state index contributed by atoms with van der Waals surface area (Å²) in [5.41, 5.74) is 5.28. The molecular formula is C11H17NO3. The van der Waals surface area contributed by atoms with E-state index in [4.69, 9.17) is 15.2 Å². The molecule has 2 N–H and O–H groups in total. The minimum absolute atomic E-state index is 0.00722. The highest BCUT2D eigenvalue weighted by Crippen LogP contribution is 2.32. The van der Waals surface area contributed by atoms with Crippen molar-refractivity contribution in [3.05, 3.63) is 11.8 Å². The van der Waals surface area contributed by atoms with Gasteiger partial charge in [0, 0.05) is 6.04 Å². The fraction of sp³-hybridized carbons (Fsp3) is 0.727. The monoisotopic (exact) mass is 211 g/mol. The van der Waals surface area contributed by atoms with E-state index in [1.54, 1.807) is 0 Å². The highest BCUT2D eigenvalue weighted by atomic mass is 16.5. The normalized spacial score (nSPS) is 35.9. The van der Waals surface area contributed by atoms with Crippen LogP contribution in [0.25, 0.3) is 0 Å². The van der Waals surface area contributed by atoms with E-state index in [2.05, 4.69) is 0 Å². The van der Waals surface area contributed by atoms with Crippen LogP contribution in [-0.2, 0) is 14.3 Å². The van der Waals surface area contributed by atoms with Crippen LogP contribution in [0.5, 0.6) is 0 Å². The second kappa shape index (κ2) is 3.94. The van der Waals surface area contributed by atoms with Crippen LogP contribution >= 0.6 is 0 Å². The smallest absolute Gasteiger partial charge is 0.206 e. The molecule has 15 heavy (non-hydrogen) atoms. The molecule has 4 heteroatoms. The molecule has 2 heterocycles. The van der Waals surface area contributed by atoms with Gasteiger partial charge < -0.3 is 15.2 Å². The topological polar surface area (TPSA) is 61.5 Å². The Balaban J connectivity index is 2.16. The molecule has 0 aromatic rings. The summed E-state index contributed by atoms with van der Waals surface area (Å²) in [5.74, 6) is 0.469. The number of allylic oxidation sites excluding steroid dienone is 2. The van der Waals surface area contributed by atoms with Crippen molar-refractivity contribution in [2.75, 3.05) is 19.8 Å². The lowest BCUT2D eigenvalue weighted by molar-refractivity contribution is -0.128. The molecule has 2 rings (SSSR count). The van der Waals surface area contributed by atoms with Crippen LogP contribution in [0.3, 0.4) is 0 Å². The van der Waals surface area contributed by atoms with E-state index in [9.17, 15) is 4.79 Å². The molecule has 2 aliphatic rings. The quantitative estimate of drug-likeness (QED) is 0.727. The molecular weight excluding hydrogens is 194 g/mol. The van der Waals surface area contributed by atoms with Crippen molar-refractivity contribution in [1.82, 2.24) is 0 Å². The summed E-state index contributed by atoms with van der Waals surface area (Å²) in [5, 5.41) is 0. The molecule has 2 unspecified atom stereocenters. The average molecular weight is 211 g/mol. The van der Waals surface area contributed by atoms with Gasteiger partial charge in [-0.2, -0.15) is 0 Å². The summed E-state index contributed by atoms with van der Waals surface area (Å²) in [4.78, 5) is 12.2. The van der Waals surface area contributed by atoms with Crippen LogP contribution in [0.15, 0.2) is 11.8 Å². The van der Waals surface area contributed by atoms with Gasteiger partial charge in [0.15, 0.2) is 5.76 Å². The Hall–Kier alpha value is -0.870. The van der Waals surface area contributed by atoms with Gasteiger partial charge in [-0.15, -0.1) is 0 Å². The number of carbonyl (C=O) groups excluding carboxylic acids is 1. The van der Waals surface area contributed by atoms with Gasteiger partial charge in [-0.25, -0.2) is 0 Å². The molecule has 0 aromatic carbocycles. The lowest BCUT2D eigenvalue weighted by Crippen LogP contribution is -2.45. The zero-order valence-corrected chi connectivity index (χ0v) is 8.99. The number of rotatable bonds is 2. The summed E-state index contributed by atoms with van der Waals surface area (Å²) >= 11 is 0. The van der Waals surface area contributed by atoms with Crippen molar-refractivity contribution in [3.63, 3.8) is 0 Å². The summed E-state index contributed by atoms with van der Waals surface area (Å²) in [6, 6.07) is -0.226. The van der Waals surface area contributed by atoms with Crippen LogP contribution in [0.4, 0.5) is 0 Å². The molecule has 4 nitrogen and oxygen atoms in total. The van der Waals surface area contributed by atoms with Crippen LogP contribution < -0.4 is 5.73 Å². The van der Waals surface area contributed by atoms with E-state index in [0.717, 1.165) is 12.8 Å². The fourth-order valence-electron chi connectivity index (χ4n) is 1.92. The first-order valence-corrected chi connectivity index (χ1v) is 5.36. The number of Topliss-reactive ketones (excluding diaryl/α,β-unsaturated/α-hetero) is 1. The molecule has 1 fully saturated rings. The first kappa shape index (κ1) is 10.6. The van der Waals surface area contributed by atoms with Crippen LogP contribution in [0.2, 0.25) is 0 Å². The van der Waals surface area contributed by atoms with Gasteiger partial charge in [0.2, 0.25) is 5.78 Å². The van der Waals surface area contributed by atoms with Crippen LogP contribution in [0.1, 0.15) is 19.8 Å². The van der Waals surface area contributed by atoms with E-state index in [1.807, 2.05) is 13.0 Å². The zero-order chi connectivity index (χ0) is 10.9. The summed E-state index contributed by atoms with van der Waals surface area (Å²) in [6.07, 6.45) is 3.76. The Morgan fingerprint density at radius 3 is 3.00 bits per heavy atom. The molecule has 0 spiro atoms. The predicted octanol–water partition coefficient (Wildman–Crippen LogP) is 0.614. The maximum Gasteiger partial charge on any atom is 0.206 e. The Morgan fingerprint density at radius 1 is 1.67 bits per heavy atom. The third-order valence-electron chi connectivity index (χ3n) is 3.20. The molecule has 0 bridgehead atoms. The van der Waals surface area contributed by atoms with Crippen molar-refractivity contribution in [2.45, 2.75) is 25.8 Å². The Bertz CT molecular complexity index is 300. The van der Waals surface area contributed by atoms with Gasteiger partial charge in [-0.3, -0.25) is 4.79 Å². The molecule has 84 valence electrons.